The Morgan fingerprint density at radius 3 is 2.48 bits per heavy atom. The van der Waals surface area contributed by atoms with E-state index in [4.69, 9.17) is 15.2 Å². The Morgan fingerprint density at radius 2 is 1.95 bits per heavy atom. The summed E-state index contributed by atoms with van der Waals surface area (Å²) in [4.78, 5) is 0.193. The van der Waals surface area contributed by atoms with Gasteiger partial charge in [0.15, 0.2) is 0 Å². The number of methoxy groups -OCH3 is 2. The molecule has 0 aliphatic carbocycles. The van der Waals surface area contributed by atoms with E-state index >= 15 is 0 Å². The molecule has 0 radical (unpaired) electrons. The summed E-state index contributed by atoms with van der Waals surface area (Å²) in [7, 11) is -0.429. The van der Waals surface area contributed by atoms with Gasteiger partial charge in [-0.1, -0.05) is 6.07 Å². The second kappa shape index (κ2) is 6.74. The van der Waals surface area contributed by atoms with Gasteiger partial charge < -0.3 is 15.2 Å². The van der Waals surface area contributed by atoms with Crippen molar-refractivity contribution in [3.8, 4) is 5.75 Å². The topological polar surface area (TPSA) is 81.9 Å². The fourth-order valence-electron chi connectivity index (χ4n) is 2.50. The van der Waals surface area contributed by atoms with Crippen molar-refractivity contribution >= 4 is 10.0 Å². The largest absolute Gasteiger partial charge is 0.495 e. The van der Waals surface area contributed by atoms with Gasteiger partial charge in [-0.25, -0.2) is 8.42 Å². The molecule has 0 atom stereocenters. The van der Waals surface area contributed by atoms with Crippen LogP contribution in [0.1, 0.15) is 18.4 Å². The zero-order valence-corrected chi connectivity index (χ0v) is 13.2. The van der Waals surface area contributed by atoms with Crippen LogP contribution in [0.5, 0.6) is 5.75 Å². The number of benzene rings is 1. The predicted octanol–water partition coefficient (Wildman–Crippen LogP) is 0.953. The third kappa shape index (κ3) is 3.37. The Morgan fingerprint density at radius 1 is 1.29 bits per heavy atom. The van der Waals surface area contributed by atoms with Crippen LogP contribution < -0.4 is 10.5 Å². The molecule has 0 bridgehead atoms. The normalized spacial score (nSPS) is 17.9. The fraction of sp³-hybridized carbons (Fsp3) is 0.571. The van der Waals surface area contributed by atoms with Gasteiger partial charge in [0, 0.05) is 26.7 Å². The number of sulfonamides is 1. The molecule has 1 aromatic carbocycles. The van der Waals surface area contributed by atoms with E-state index in [2.05, 4.69) is 0 Å². The van der Waals surface area contributed by atoms with Gasteiger partial charge in [-0.2, -0.15) is 4.31 Å². The molecule has 1 aromatic rings. The van der Waals surface area contributed by atoms with E-state index in [1.54, 1.807) is 25.3 Å². The third-order valence-electron chi connectivity index (χ3n) is 3.82. The van der Waals surface area contributed by atoms with Crippen molar-refractivity contribution in [2.75, 3.05) is 27.3 Å². The maximum atomic E-state index is 12.7. The highest BCUT2D eigenvalue weighted by Crippen LogP contribution is 2.29. The molecule has 0 unspecified atom stereocenters. The molecular weight excluding hydrogens is 292 g/mol. The van der Waals surface area contributed by atoms with Gasteiger partial charge in [-0.15, -0.1) is 0 Å². The highest BCUT2D eigenvalue weighted by molar-refractivity contribution is 7.89. The number of piperidine rings is 1. The van der Waals surface area contributed by atoms with Crippen LogP contribution in [0.15, 0.2) is 23.1 Å². The maximum absolute atomic E-state index is 12.7. The van der Waals surface area contributed by atoms with E-state index in [1.165, 1.54) is 11.4 Å². The third-order valence-corrected chi connectivity index (χ3v) is 5.75. The molecule has 1 saturated heterocycles. The first kappa shape index (κ1) is 16.2. The number of hydrogen-bond donors (Lipinski definition) is 1. The van der Waals surface area contributed by atoms with E-state index in [1.807, 2.05) is 0 Å². The highest BCUT2D eigenvalue weighted by atomic mass is 32.2. The molecule has 1 aliphatic heterocycles. The first-order valence-electron chi connectivity index (χ1n) is 6.93. The summed E-state index contributed by atoms with van der Waals surface area (Å²) >= 11 is 0. The van der Waals surface area contributed by atoms with Gasteiger partial charge in [0.25, 0.3) is 0 Å². The van der Waals surface area contributed by atoms with Gasteiger partial charge in [0.2, 0.25) is 10.0 Å². The number of nitrogens with two attached hydrogens (primary N) is 1. The first-order valence-corrected chi connectivity index (χ1v) is 8.37. The molecule has 0 amide bonds. The second-order valence-corrected chi connectivity index (χ2v) is 6.93. The summed E-state index contributed by atoms with van der Waals surface area (Å²) in [6.07, 6.45) is 1.55. The summed E-state index contributed by atoms with van der Waals surface area (Å²) in [5.41, 5.74) is 6.41. The second-order valence-electron chi connectivity index (χ2n) is 5.03. The molecule has 2 N–H and O–H groups in total. The summed E-state index contributed by atoms with van der Waals surface area (Å²) in [6, 6.07) is 4.96. The fourth-order valence-corrected chi connectivity index (χ4v) is 4.11. The van der Waals surface area contributed by atoms with Crippen LogP contribution in [0, 0.1) is 0 Å². The average Bonchev–Trinajstić information content (AvgIpc) is 2.54. The van der Waals surface area contributed by atoms with Crippen LogP contribution in [0.2, 0.25) is 0 Å². The van der Waals surface area contributed by atoms with Crippen LogP contribution in [-0.4, -0.2) is 46.1 Å². The lowest BCUT2D eigenvalue weighted by Crippen LogP contribution is -2.40. The average molecular weight is 314 g/mol. The lowest BCUT2D eigenvalue weighted by molar-refractivity contribution is 0.0604. The Hall–Kier alpha value is -1.15. The summed E-state index contributed by atoms with van der Waals surface area (Å²) in [5, 5.41) is 0. The minimum absolute atomic E-state index is 0.137. The van der Waals surface area contributed by atoms with Gasteiger partial charge in [-0.3, -0.25) is 0 Å². The quantitative estimate of drug-likeness (QED) is 0.875. The Bertz CT molecular complexity index is 581. The van der Waals surface area contributed by atoms with Gasteiger partial charge in [0.05, 0.1) is 13.2 Å². The van der Waals surface area contributed by atoms with Crippen LogP contribution in [0.3, 0.4) is 0 Å². The molecule has 0 aromatic heterocycles. The van der Waals surface area contributed by atoms with Crippen LogP contribution >= 0.6 is 0 Å². The van der Waals surface area contributed by atoms with E-state index in [0.717, 1.165) is 5.56 Å². The minimum atomic E-state index is -3.55. The molecule has 0 spiro atoms. The number of hydrogen-bond acceptors (Lipinski definition) is 5. The molecule has 1 aliphatic rings. The summed E-state index contributed by atoms with van der Waals surface area (Å²) in [5.74, 6) is 0.340. The zero-order chi connectivity index (χ0) is 15.5. The maximum Gasteiger partial charge on any atom is 0.246 e. The van der Waals surface area contributed by atoms with Crippen molar-refractivity contribution in [2.24, 2.45) is 5.73 Å². The van der Waals surface area contributed by atoms with Crippen molar-refractivity contribution in [3.63, 3.8) is 0 Å². The van der Waals surface area contributed by atoms with E-state index < -0.39 is 10.0 Å². The Balaban J connectivity index is 2.27. The number of nitrogens with zero attached hydrogens (tertiary/aromatic N) is 1. The van der Waals surface area contributed by atoms with Crippen molar-refractivity contribution in [1.29, 1.82) is 0 Å². The molecule has 1 heterocycles. The van der Waals surface area contributed by atoms with E-state index in [0.29, 0.717) is 38.2 Å². The first-order chi connectivity index (χ1) is 10.0. The van der Waals surface area contributed by atoms with Crippen molar-refractivity contribution < 1.29 is 17.9 Å². The Kier molecular flexibility index (Phi) is 5.21. The molecule has 6 nitrogen and oxygen atoms in total. The predicted molar refractivity (Wildman–Crippen MR) is 79.7 cm³/mol. The number of ether oxygens (including phenoxy) is 2. The standard InChI is InChI=1S/C14H22N2O4S/c1-19-12-5-7-16(8-6-12)21(17,18)14-4-3-11(10-15)9-13(14)20-2/h3-4,9,12H,5-8,10,15H2,1-2H3. The van der Waals surface area contributed by atoms with Crippen molar-refractivity contribution in [3.05, 3.63) is 23.8 Å². The molecule has 7 heteroatoms. The van der Waals surface area contributed by atoms with Crippen LogP contribution in [-0.2, 0) is 21.3 Å². The van der Waals surface area contributed by atoms with Crippen LogP contribution in [0.4, 0.5) is 0 Å². The molecule has 118 valence electrons. The lowest BCUT2D eigenvalue weighted by atomic mass is 10.1. The summed E-state index contributed by atoms with van der Waals surface area (Å²) < 4.78 is 37.5. The smallest absolute Gasteiger partial charge is 0.246 e. The summed E-state index contributed by atoms with van der Waals surface area (Å²) in [6.45, 7) is 1.27. The lowest BCUT2D eigenvalue weighted by Gasteiger charge is -2.30. The monoisotopic (exact) mass is 314 g/mol. The van der Waals surface area contributed by atoms with E-state index in [9.17, 15) is 8.42 Å². The Labute approximate surface area is 125 Å². The van der Waals surface area contributed by atoms with Crippen molar-refractivity contribution in [2.45, 2.75) is 30.4 Å². The molecule has 0 saturated carbocycles. The minimum Gasteiger partial charge on any atom is -0.495 e. The molecule has 2 rings (SSSR count). The zero-order valence-electron chi connectivity index (χ0n) is 12.4. The van der Waals surface area contributed by atoms with E-state index in [-0.39, 0.29) is 11.0 Å². The van der Waals surface area contributed by atoms with Crippen molar-refractivity contribution in [1.82, 2.24) is 4.31 Å². The molecule has 1 fully saturated rings. The molecule has 21 heavy (non-hydrogen) atoms. The molecular formula is C14H22N2O4S. The SMILES string of the molecule is COc1cc(CN)ccc1S(=O)(=O)N1CCC(OC)CC1. The number of rotatable bonds is 5. The van der Waals surface area contributed by atoms with Gasteiger partial charge in [0.1, 0.15) is 10.6 Å². The van der Waals surface area contributed by atoms with Crippen LogP contribution in [0.25, 0.3) is 0 Å². The van der Waals surface area contributed by atoms with Gasteiger partial charge >= 0.3 is 0 Å². The van der Waals surface area contributed by atoms with Gasteiger partial charge in [-0.05, 0) is 30.5 Å². The highest BCUT2D eigenvalue weighted by Gasteiger charge is 2.31.